The molecule has 3 N–H and O–H groups in total. The Morgan fingerprint density at radius 2 is 1.90 bits per heavy atom. The molecule has 2 rings (SSSR count). The van der Waals surface area contributed by atoms with Crippen LogP contribution in [0.1, 0.15) is 11.1 Å². The maximum absolute atomic E-state index is 11.9. The number of benzene rings is 2. The Hall–Kier alpha value is -2.49. The zero-order valence-electron chi connectivity index (χ0n) is 11.6. The van der Waals surface area contributed by atoms with E-state index in [2.05, 4.69) is 5.32 Å². The van der Waals surface area contributed by atoms with Crippen molar-refractivity contribution in [2.24, 2.45) is 0 Å². The molecule has 0 aliphatic rings. The Labute approximate surface area is 118 Å². The van der Waals surface area contributed by atoms with E-state index in [1.807, 2.05) is 44.2 Å². The number of rotatable bonds is 4. The highest BCUT2D eigenvalue weighted by Crippen LogP contribution is 2.19. The van der Waals surface area contributed by atoms with Crippen molar-refractivity contribution in [3.05, 3.63) is 53.6 Å². The number of nitrogens with one attached hydrogen (secondary N) is 1. The van der Waals surface area contributed by atoms with Gasteiger partial charge in [0.25, 0.3) is 5.91 Å². The van der Waals surface area contributed by atoms with Crippen molar-refractivity contribution in [2.75, 3.05) is 17.7 Å². The van der Waals surface area contributed by atoms with E-state index < -0.39 is 0 Å². The third kappa shape index (κ3) is 3.51. The molecule has 104 valence electrons. The lowest BCUT2D eigenvalue weighted by Crippen LogP contribution is -2.21. The molecule has 0 unspecified atom stereocenters. The summed E-state index contributed by atoms with van der Waals surface area (Å²) in [5.41, 5.74) is 9.00. The smallest absolute Gasteiger partial charge is 0.262 e. The Morgan fingerprint density at radius 1 is 1.15 bits per heavy atom. The zero-order valence-corrected chi connectivity index (χ0v) is 11.6. The van der Waals surface area contributed by atoms with Gasteiger partial charge in [-0.05, 0) is 43.2 Å². The van der Waals surface area contributed by atoms with Gasteiger partial charge in [-0.15, -0.1) is 0 Å². The van der Waals surface area contributed by atoms with Crippen molar-refractivity contribution < 1.29 is 9.53 Å². The van der Waals surface area contributed by atoms with Gasteiger partial charge in [0.05, 0.1) is 0 Å². The first-order valence-corrected chi connectivity index (χ1v) is 6.40. The van der Waals surface area contributed by atoms with Crippen LogP contribution in [0.5, 0.6) is 5.75 Å². The zero-order chi connectivity index (χ0) is 14.5. The van der Waals surface area contributed by atoms with Gasteiger partial charge in [-0.2, -0.15) is 0 Å². The lowest BCUT2D eigenvalue weighted by atomic mass is 10.2. The number of anilines is 2. The maximum atomic E-state index is 11.9. The summed E-state index contributed by atoms with van der Waals surface area (Å²) >= 11 is 0. The first-order chi connectivity index (χ1) is 9.56. The Morgan fingerprint density at radius 3 is 2.65 bits per heavy atom. The standard InChI is InChI=1S/C16H18N2O2/c1-11-7-8-13(17)9-14(11)18-16(19)10-20-15-6-4-3-5-12(15)2/h3-9H,10,17H2,1-2H3,(H,18,19). The summed E-state index contributed by atoms with van der Waals surface area (Å²) in [6, 6.07) is 13.0. The summed E-state index contributed by atoms with van der Waals surface area (Å²) in [7, 11) is 0. The number of carbonyl (C=O) groups excluding carboxylic acids is 1. The molecule has 2 aromatic rings. The molecule has 0 fully saturated rings. The fourth-order valence-electron chi connectivity index (χ4n) is 1.82. The fraction of sp³-hybridized carbons (Fsp3) is 0.188. The van der Waals surface area contributed by atoms with Crippen LogP contribution in [0.15, 0.2) is 42.5 Å². The third-order valence-electron chi connectivity index (χ3n) is 2.99. The number of nitrogens with two attached hydrogens (primary N) is 1. The van der Waals surface area contributed by atoms with Crippen LogP contribution >= 0.6 is 0 Å². The Bertz CT molecular complexity index is 624. The normalized spacial score (nSPS) is 10.1. The van der Waals surface area contributed by atoms with E-state index in [-0.39, 0.29) is 12.5 Å². The molecule has 1 amide bonds. The molecule has 4 nitrogen and oxygen atoms in total. The van der Waals surface area contributed by atoms with Crippen molar-refractivity contribution in [3.8, 4) is 5.75 Å². The topological polar surface area (TPSA) is 64.3 Å². The Balaban J connectivity index is 1.96. The monoisotopic (exact) mass is 270 g/mol. The summed E-state index contributed by atoms with van der Waals surface area (Å²) in [5.74, 6) is 0.508. The second-order valence-electron chi connectivity index (χ2n) is 4.68. The quantitative estimate of drug-likeness (QED) is 0.840. The lowest BCUT2D eigenvalue weighted by Gasteiger charge is -2.11. The van der Waals surface area contributed by atoms with Crippen molar-refractivity contribution in [1.82, 2.24) is 0 Å². The molecule has 0 aromatic heterocycles. The van der Waals surface area contributed by atoms with E-state index in [9.17, 15) is 4.79 Å². The number of carbonyl (C=O) groups is 1. The number of ether oxygens (including phenoxy) is 1. The molecule has 0 aliphatic heterocycles. The molecule has 20 heavy (non-hydrogen) atoms. The predicted molar refractivity (Wildman–Crippen MR) is 80.9 cm³/mol. The van der Waals surface area contributed by atoms with E-state index in [1.54, 1.807) is 12.1 Å². The average Bonchev–Trinajstić information content (AvgIpc) is 2.42. The summed E-state index contributed by atoms with van der Waals surface area (Å²) in [5, 5.41) is 2.80. The van der Waals surface area contributed by atoms with Crippen LogP contribution in [0.4, 0.5) is 11.4 Å². The molecular formula is C16H18N2O2. The minimum absolute atomic E-state index is 0.0287. The van der Waals surface area contributed by atoms with E-state index in [0.29, 0.717) is 17.1 Å². The molecular weight excluding hydrogens is 252 g/mol. The van der Waals surface area contributed by atoms with Gasteiger partial charge in [-0.25, -0.2) is 0 Å². The highest BCUT2D eigenvalue weighted by Gasteiger charge is 2.07. The maximum Gasteiger partial charge on any atom is 0.262 e. The molecule has 0 aliphatic carbocycles. The van der Waals surface area contributed by atoms with Crippen molar-refractivity contribution in [1.29, 1.82) is 0 Å². The van der Waals surface area contributed by atoms with Crippen molar-refractivity contribution >= 4 is 17.3 Å². The van der Waals surface area contributed by atoms with Gasteiger partial charge in [-0.3, -0.25) is 4.79 Å². The van der Waals surface area contributed by atoms with Gasteiger partial charge < -0.3 is 15.8 Å². The summed E-state index contributed by atoms with van der Waals surface area (Å²) in [4.78, 5) is 11.9. The van der Waals surface area contributed by atoms with Crippen LogP contribution in [-0.4, -0.2) is 12.5 Å². The van der Waals surface area contributed by atoms with Crippen LogP contribution in [0.2, 0.25) is 0 Å². The van der Waals surface area contributed by atoms with Gasteiger partial charge in [0, 0.05) is 11.4 Å². The number of para-hydroxylation sites is 1. The van der Waals surface area contributed by atoms with E-state index >= 15 is 0 Å². The Kier molecular flexibility index (Phi) is 4.25. The lowest BCUT2D eigenvalue weighted by molar-refractivity contribution is -0.118. The summed E-state index contributed by atoms with van der Waals surface area (Å²) in [6.45, 7) is 3.83. The highest BCUT2D eigenvalue weighted by molar-refractivity contribution is 5.93. The first-order valence-electron chi connectivity index (χ1n) is 6.40. The molecule has 0 radical (unpaired) electrons. The predicted octanol–water partition coefficient (Wildman–Crippen LogP) is 2.90. The van der Waals surface area contributed by atoms with Crippen LogP contribution in [0.25, 0.3) is 0 Å². The van der Waals surface area contributed by atoms with E-state index in [0.717, 1.165) is 11.1 Å². The minimum Gasteiger partial charge on any atom is -0.483 e. The SMILES string of the molecule is Cc1ccc(N)cc1NC(=O)COc1ccccc1C. The van der Waals surface area contributed by atoms with Gasteiger partial charge >= 0.3 is 0 Å². The molecule has 4 heteroatoms. The second kappa shape index (κ2) is 6.10. The van der Waals surface area contributed by atoms with Gasteiger partial charge in [0.1, 0.15) is 5.75 Å². The molecule has 0 heterocycles. The summed E-state index contributed by atoms with van der Waals surface area (Å²) in [6.07, 6.45) is 0. The third-order valence-corrected chi connectivity index (χ3v) is 2.99. The molecule has 0 saturated carbocycles. The number of amides is 1. The fourth-order valence-corrected chi connectivity index (χ4v) is 1.82. The molecule has 0 spiro atoms. The number of hydrogen-bond donors (Lipinski definition) is 2. The van der Waals surface area contributed by atoms with Crippen LogP contribution in [0.3, 0.4) is 0 Å². The van der Waals surface area contributed by atoms with Crippen LogP contribution in [-0.2, 0) is 4.79 Å². The van der Waals surface area contributed by atoms with E-state index in [4.69, 9.17) is 10.5 Å². The highest BCUT2D eigenvalue weighted by atomic mass is 16.5. The molecule has 0 saturated heterocycles. The van der Waals surface area contributed by atoms with Crippen LogP contribution < -0.4 is 15.8 Å². The molecule has 0 atom stereocenters. The van der Waals surface area contributed by atoms with Crippen LogP contribution in [0, 0.1) is 13.8 Å². The second-order valence-corrected chi connectivity index (χ2v) is 4.68. The van der Waals surface area contributed by atoms with Gasteiger partial charge in [0.2, 0.25) is 0 Å². The minimum atomic E-state index is -0.207. The first kappa shape index (κ1) is 13.9. The number of hydrogen-bond acceptors (Lipinski definition) is 3. The molecule has 2 aromatic carbocycles. The van der Waals surface area contributed by atoms with Crippen molar-refractivity contribution in [2.45, 2.75) is 13.8 Å². The van der Waals surface area contributed by atoms with Gasteiger partial charge in [0.15, 0.2) is 6.61 Å². The summed E-state index contributed by atoms with van der Waals surface area (Å²) < 4.78 is 5.50. The number of nitrogen functional groups attached to an aromatic ring is 1. The van der Waals surface area contributed by atoms with Gasteiger partial charge in [-0.1, -0.05) is 24.3 Å². The van der Waals surface area contributed by atoms with Crippen molar-refractivity contribution in [3.63, 3.8) is 0 Å². The molecule has 0 bridgehead atoms. The van der Waals surface area contributed by atoms with E-state index in [1.165, 1.54) is 0 Å². The number of aryl methyl sites for hydroxylation is 2. The largest absolute Gasteiger partial charge is 0.483 e. The average molecular weight is 270 g/mol.